The summed E-state index contributed by atoms with van der Waals surface area (Å²) in [6.07, 6.45) is 1.43. The SMILES string of the molecule is CCOc1ccccc1NS(=O)(=O)c1ccc(N2CCCCS2(=O)=O)cc1. The van der Waals surface area contributed by atoms with Crippen LogP contribution in [0, 0.1) is 0 Å². The number of ether oxygens (including phenoxy) is 1. The summed E-state index contributed by atoms with van der Waals surface area (Å²) in [4.78, 5) is 0.0481. The molecule has 9 heteroatoms. The zero-order valence-electron chi connectivity index (χ0n) is 15.0. The minimum Gasteiger partial charge on any atom is -0.492 e. The molecule has 0 atom stereocenters. The van der Waals surface area contributed by atoms with Gasteiger partial charge in [-0.15, -0.1) is 0 Å². The average Bonchev–Trinajstić information content (AvgIpc) is 2.63. The van der Waals surface area contributed by atoms with Crippen LogP contribution in [0.5, 0.6) is 5.75 Å². The molecule has 146 valence electrons. The van der Waals surface area contributed by atoms with E-state index in [1.807, 2.05) is 6.92 Å². The van der Waals surface area contributed by atoms with Crippen LogP contribution in [0.2, 0.25) is 0 Å². The maximum atomic E-state index is 12.7. The molecule has 27 heavy (non-hydrogen) atoms. The third-order valence-electron chi connectivity index (χ3n) is 4.22. The third-order valence-corrected chi connectivity index (χ3v) is 7.47. The van der Waals surface area contributed by atoms with Gasteiger partial charge in [0.2, 0.25) is 10.0 Å². The van der Waals surface area contributed by atoms with Crippen molar-refractivity contribution in [2.75, 3.05) is 27.9 Å². The molecule has 1 N–H and O–H groups in total. The highest BCUT2D eigenvalue weighted by molar-refractivity contribution is 7.93. The van der Waals surface area contributed by atoms with Crippen LogP contribution in [0.25, 0.3) is 0 Å². The Labute approximate surface area is 160 Å². The Morgan fingerprint density at radius 1 is 1.07 bits per heavy atom. The monoisotopic (exact) mass is 410 g/mol. The van der Waals surface area contributed by atoms with E-state index >= 15 is 0 Å². The van der Waals surface area contributed by atoms with Gasteiger partial charge in [-0.3, -0.25) is 9.03 Å². The van der Waals surface area contributed by atoms with Gasteiger partial charge >= 0.3 is 0 Å². The second-order valence-corrected chi connectivity index (χ2v) is 9.82. The molecule has 7 nitrogen and oxygen atoms in total. The van der Waals surface area contributed by atoms with E-state index in [1.54, 1.807) is 24.3 Å². The van der Waals surface area contributed by atoms with Gasteiger partial charge in [0.25, 0.3) is 10.0 Å². The lowest BCUT2D eigenvalue weighted by atomic mass is 10.3. The molecule has 1 aliphatic heterocycles. The van der Waals surface area contributed by atoms with Crippen LogP contribution in [0.1, 0.15) is 19.8 Å². The predicted molar refractivity (Wildman–Crippen MR) is 105 cm³/mol. The molecule has 2 aromatic carbocycles. The molecule has 0 aliphatic carbocycles. The normalized spacial score (nSPS) is 16.7. The maximum Gasteiger partial charge on any atom is 0.262 e. The van der Waals surface area contributed by atoms with Crippen molar-refractivity contribution >= 4 is 31.4 Å². The van der Waals surface area contributed by atoms with E-state index in [4.69, 9.17) is 4.74 Å². The van der Waals surface area contributed by atoms with Gasteiger partial charge in [-0.05, 0) is 56.2 Å². The molecule has 0 spiro atoms. The lowest BCUT2D eigenvalue weighted by molar-refractivity contribution is 0.342. The van der Waals surface area contributed by atoms with Crippen LogP contribution >= 0.6 is 0 Å². The standard InChI is InChI=1S/C18H22N2O5S2/c1-2-25-18-8-4-3-7-17(18)19-27(23,24)16-11-9-15(10-12-16)20-13-5-6-14-26(20,21)22/h3-4,7-12,19H,2,5-6,13-14H2,1H3. The second-order valence-electron chi connectivity index (χ2n) is 6.12. The molecule has 1 aliphatic rings. The smallest absolute Gasteiger partial charge is 0.262 e. The van der Waals surface area contributed by atoms with Gasteiger partial charge in [0.15, 0.2) is 0 Å². The first-order chi connectivity index (χ1) is 12.8. The minimum absolute atomic E-state index is 0.0481. The Morgan fingerprint density at radius 2 is 1.78 bits per heavy atom. The number of benzene rings is 2. The number of anilines is 2. The molecule has 1 fully saturated rings. The summed E-state index contributed by atoms with van der Waals surface area (Å²) in [5.41, 5.74) is 0.824. The Kier molecular flexibility index (Phi) is 5.61. The number of hydrogen-bond acceptors (Lipinski definition) is 5. The average molecular weight is 411 g/mol. The first-order valence-corrected chi connectivity index (χ1v) is 11.8. The van der Waals surface area contributed by atoms with Crippen molar-refractivity contribution in [3.63, 3.8) is 0 Å². The summed E-state index contributed by atoms with van der Waals surface area (Å²) >= 11 is 0. The molecule has 0 saturated carbocycles. The fourth-order valence-electron chi connectivity index (χ4n) is 2.91. The highest BCUT2D eigenvalue weighted by Crippen LogP contribution is 2.28. The van der Waals surface area contributed by atoms with Crippen molar-refractivity contribution in [3.8, 4) is 5.75 Å². The number of para-hydroxylation sites is 2. The summed E-state index contributed by atoms with van der Waals surface area (Å²) in [5, 5.41) is 0. The van der Waals surface area contributed by atoms with Crippen LogP contribution in [0.4, 0.5) is 11.4 Å². The van der Waals surface area contributed by atoms with Crippen LogP contribution < -0.4 is 13.8 Å². The molecule has 0 unspecified atom stereocenters. The molecule has 1 saturated heterocycles. The van der Waals surface area contributed by atoms with Gasteiger partial charge < -0.3 is 4.74 Å². The van der Waals surface area contributed by atoms with Gasteiger partial charge in [0.1, 0.15) is 5.75 Å². The summed E-state index contributed by atoms with van der Waals surface area (Å²) in [6, 6.07) is 12.6. The highest BCUT2D eigenvalue weighted by atomic mass is 32.2. The van der Waals surface area contributed by atoms with Crippen molar-refractivity contribution in [2.45, 2.75) is 24.7 Å². The molecule has 0 radical (unpaired) electrons. The van der Waals surface area contributed by atoms with Crippen molar-refractivity contribution in [3.05, 3.63) is 48.5 Å². The van der Waals surface area contributed by atoms with E-state index < -0.39 is 20.0 Å². The van der Waals surface area contributed by atoms with Gasteiger partial charge in [-0.1, -0.05) is 12.1 Å². The predicted octanol–water partition coefficient (Wildman–Crippen LogP) is 2.82. The molecule has 0 amide bonds. The lowest BCUT2D eigenvalue weighted by Gasteiger charge is -2.28. The van der Waals surface area contributed by atoms with Crippen LogP contribution in [-0.2, 0) is 20.0 Å². The second kappa shape index (κ2) is 7.77. The van der Waals surface area contributed by atoms with E-state index in [0.717, 1.165) is 6.42 Å². The summed E-state index contributed by atoms with van der Waals surface area (Å²) < 4.78 is 59.0. The Hall–Kier alpha value is -2.26. The van der Waals surface area contributed by atoms with Crippen LogP contribution in [0.3, 0.4) is 0 Å². The summed E-state index contributed by atoms with van der Waals surface area (Å²) in [7, 11) is -7.16. The fourth-order valence-corrected chi connectivity index (χ4v) is 5.62. The zero-order valence-corrected chi connectivity index (χ0v) is 16.6. The van der Waals surface area contributed by atoms with Gasteiger partial charge in [-0.2, -0.15) is 0 Å². The number of hydrogen-bond donors (Lipinski definition) is 1. The van der Waals surface area contributed by atoms with Crippen molar-refractivity contribution in [1.82, 2.24) is 0 Å². The van der Waals surface area contributed by atoms with E-state index in [0.29, 0.717) is 36.7 Å². The summed E-state index contributed by atoms with van der Waals surface area (Å²) in [5.74, 6) is 0.558. The van der Waals surface area contributed by atoms with Crippen molar-refractivity contribution < 1.29 is 21.6 Å². The summed E-state index contributed by atoms with van der Waals surface area (Å²) in [6.45, 7) is 2.64. The first-order valence-electron chi connectivity index (χ1n) is 8.68. The van der Waals surface area contributed by atoms with Gasteiger partial charge in [0, 0.05) is 6.54 Å². The van der Waals surface area contributed by atoms with Crippen LogP contribution in [0.15, 0.2) is 53.4 Å². The molecule has 0 aromatic heterocycles. The minimum atomic E-state index is -3.83. The van der Waals surface area contributed by atoms with E-state index in [-0.39, 0.29) is 10.6 Å². The molecule has 3 rings (SSSR count). The first kappa shape index (κ1) is 19.5. The maximum absolute atomic E-state index is 12.7. The number of sulfonamides is 2. The van der Waals surface area contributed by atoms with Crippen molar-refractivity contribution in [2.24, 2.45) is 0 Å². The zero-order chi connectivity index (χ0) is 19.5. The largest absolute Gasteiger partial charge is 0.492 e. The third kappa shape index (κ3) is 4.36. The van der Waals surface area contributed by atoms with E-state index in [1.165, 1.54) is 28.6 Å². The molecule has 0 bridgehead atoms. The Morgan fingerprint density at radius 3 is 2.44 bits per heavy atom. The number of rotatable bonds is 6. The van der Waals surface area contributed by atoms with Crippen LogP contribution in [-0.4, -0.2) is 35.7 Å². The molecular formula is C18H22N2O5S2. The van der Waals surface area contributed by atoms with Gasteiger partial charge in [0.05, 0.1) is 28.6 Å². The van der Waals surface area contributed by atoms with E-state index in [2.05, 4.69) is 4.72 Å². The lowest BCUT2D eigenvalue weighted by Crippen LogP contribution is -2.37. The molecule has 1 heterocycles. The number of nitrogens with zero attached hydrogens (tertiary/aromatic N) is 1. The Balaban J connectivity index is 1.84. The number of nitrogens with one attached hydrogen (secondary N) is 1. The molecular weight excluding hydrogens is 388 g/mol. The van der Waals surface area contributed by atoms with Gasteiger partial charge in [-0.25, -0.2) is 16.8 Å². The topological polar surface area (TPSA) is 92.8 Å². The van der Waals surface area contributed by atoms with E-state index in [9.17, 15) is 16.8 Å². The van der Waals surface area contributed by atoms with Crippen molar-refractivity contribution in [1.29, 1.82) is 0 Å². The highest BCUT2D eigenvalue weighted by Gasteiger charge is 2.26. The fraction of sp³-hybridized carbons (Fsp3) is 0.333. The Bertz CT molecular complexity index is 1000. The quantitative estimate of drug-likeness (QED) is 0.790. The molecule has 2 aromatic rings.